The number of piperazine rings is 1. The number of carbonyl (C=O) groups is 2. The van der Waals surface area contributed by atoms with Crippen LogP contribution in [0.5, 0.6) is 0 Å². The molecule has 0 aromatic carbocycles. The fourth-order valence-electron chi connectivity index (χ4n) is 3.79. The van der Waals surface area contributed by atoms with Gasteiger partial charge in [-0.3, -0.25) is 14.5 Å². The Balaban J connectivity index is 1.78. The van der Waals surface area contributed by atoms with Crippen LogP contribution in [-0.4, -0.2) is 82.1 Å². The molecular formula is C17H25N5O3. The van der Waals surface area contributed by atoms with Crippen molar-refractivity contribution in [3.63, 3.8) is 0 Å². The summed E-state index contributed by atoms with van der Waals surface area (Å²) in [6.45, 7) is 8.69. The van der Waals surface area contributed by atoms with E-state index >= 15 is 0 Å². The molecule has 0 N–H and O–H groups in total. The molecule has 2 aliphatic rings. The zero-order chi connectivity index (χ0) is 18.0. The molecule has 1 aromatic heterocycles. The second kappa shape index (κ2) is 6.95. The number of carbonyl (C=O) groups excluding carboxylic acids is 2. The molecule has 2 aliphatic heterocycles. The topological polar surface area (TPSA) is 82.8 Å². The van der Waals surface area contributed by atoms with Crippen molar-refractivity contribution >= 4 is 11.8 Å². The van der Waals surface area contributed by atoms with Gasteiger partial charge in [0, 0.05) is 44.7 Å². The van der Waals surface area contributed by atoms with Crippen molar-refractivity contribution in [2.75, 3.05) is 39.8 Å². The highest BCUT2D eigenvalue weighted by Crippen LogP contribution is 2.32. The SMILES string of the molecule is C=CCN1CC[C@]2(CCC1=O)CN(C(=O)c1nonc1C)CCN2C. The lowest BCUT2D eigenvalue weighted by atomic mass is 9.86. The first kappa shape index (κ1) is 17.6. The lowest BCUT2D eigenvalue weighted by Crippen LogP contribution is -2.62. The Kier molecular flexibility index (Phi) is 4.89. The van der Waals surface area contributed by atoms with Crippen LogP contribution >= 0.6 is 0 Å². The van der Waals surface area contributed by atoms with Gasteiger partial charge < -0.3 is 9.80 Å². The van der Waals surface area contributed by atoms with Crippen molar-refractivity contribution in [3.05, 3.63) is 24.0 Å². The van der Waals surface area contributed by atoms with Crippen LogP contribution in [0, 0.1) is 6.92 Å². The number of hydrogen-bond donors (Lipinski definition) is 0. The van der Waals surface area contributed by atoms with Gasteiger partial charge in [-0.2, -0.15) is 0 Å². The normalized spacial score (nSPS) is 25.3. The molecule has 1 spiro atoms. The summed E-state index contributed by atoms with van der Waals surface area (Å²) in [6.07, 6.45) is 3.83. The molecule has 1 aromatic rings. The van der Waals surface area contributed by atoms with Crippen molar-refractivity contribution < 1.29 is 14.2 Å². The molecular weight excluding hydrogens is 322 g/mol. The van der Waals surface area contributed by atoms with Crippen molar-refractivity contribution in [2.24, 2.45) is 0 Å². The second-order valence-corrected chi connectivity index (χ2v) is 6.95. The Bertz CT molecular complexity index is 673. The summed E-state index contributed by atoms with van der Waals surface area (Å²) >= 11 is 0. The third-order valence-electron chi connectivity index (χ3n) is 5.50. The van der Waals surface area contributed by atoms with Gasteiger partial charge in [0.15, 0.2) is 5.69 Å². The van der Waals surface area contributed by atoms with Crippen molar-refractivity contribution in [2.45, 2.75) is 31.7 Å². The standard InChI is InChI=1S/C17H25N5O3/c1-4-8-21-9-7-17(6-5-14(21)23)12-22(11-10-20(17)3)16(24)15-13(2)18-25-19-15/h4H,1,5-12H2,2-3H3/t17-/m1/s1. The number of hydrogen-bond acceptors (Lipinski definition) is 6. The van der Waals surface area contributed by atoms with Gasteiger partial charge in [0.1, 0.15) is 5.69 Å². The minimum Gasteiger partial charge on any atom is -0.339 e. The first-order valence-electron chi connectivity index (χ1n) is 8.65. The maximum Gasteiger partial charge on any atom is 0.278 e. The summed E-state index contributed by atoms with van der Waals surface area (Å²) in [4.78, 5) is 31.1. The summed E-state index contributed by atoms with van der Waals surface area (Å²) in [5, 5.41) is 7.45. The largest absolute Gasteiger partial charge is 0.339 e. The predicted molar refractivity (Wildman–Crippen MR) is 90.9 cm³/mol. The summed E-state index contributed by atoms with van der Waals surface area (Å²) in [7, 11) is 2.08. The molecule has 0 radical (unpaired) electrons. The average molecular weight is 347 g/mol. The molecule has 8 heteroatoms. The molecule has 0 unspecified atom stereocenters. The molecule has 3 rings (SSSR count). The molecule has 2 amide bonds. The number of nitrogens with zero attached hydrogens (tertiary/aromatic N) is 5. The van der Waals surface area contributed by atoms with Crippen LogP contribution < -0.4 is 0 Å². The molecule has 25 heavy (non-hydrogen) atoms. The van der Waals surface area contributed by atoms with Crippen LogP contribution in [0.2, 0.25) is 0 Å². The molecule has 8 nitrogen and oxygen atoms in total. The van der Waals surface area contributed by atoms with Gasteiger partial charge in [0.25, 0.3) is 5.91 Å². The van der Waals surface area contributed by atoms with Gasteiger partial charge in [0.2, 0.25) is 5.91 Å². The van der Waals surface area contributed by atoms with Crippen LogP contribution in [0.25, 0.3) is 0 Å². The highest BCUT2D eigenvalue weighted by Gasteiger charge is 2.43. The van der Waals surface area contributed by atoms with Crippen molar-refractivity contribution in [3.8, 4) is 0 Å². The van der Waals surface area contributed by atoms with Gasteiger partial charge in [-0.05, 0) is 32.0 Å². The van der Waals surface area contributed by atoms with Crippen LogP contribution in [0.3, 0.4) is 0 Å². The molecule has 136 valence electrons. The monoisotopic (exact) mass is 347 g/mol. The summed E-state index contributed by atoms with van der Waals surface area (Å²) in [5.74, 6) is 0.00918. The summed E-state index contributed by atoms with van der Waals surface area (Å²) in [5.41, 5.74) is 0.591. The zero-order valence-electron chi connectivity index (χ0n) is 14.9. The zero-order valence-corrected chi connectivity index (χ0v) is 14.9. The van der Waals surface area contributed by atoms with E-state index in [1.54, 1.807) is 13.0 Å². The van der Waals surface area contributed by atoms with Crippen molar-refractivity contribution in [1.82, 2.24) is 25.0 Å². The fraction of sp³-hybridized carbons (Fsp3) is 0.647. The van der Waals surface area contributed by atoms with Crippen molar-refractivity contribution in [1.29, 1.82) is 0 Å². The maximum atomic E-state index is 12.8. The Morgan fingerprint density at radius 3 is 2.80 bits per heavy atom. The van der Waals surface area contributed by atoms with Gasteiger partial charge >= 0.3 is 0 Å². The quantitative estimate of drug-likeness (QED) is 0.749. The predicted octanol–water partition coefficient (Wildman–Crippen LogP) is 0.703. The van der Waals surface area contributed by atoms with Crippen LogP contribution in [-0.2, 0) is 4.79 Å². The number of aromatic nitrogens is 2. The molecule has 1 atom stereocenters. The molecule has 2 saturated heterocycles. The van der Waals surface area contributed by atoms with E-state index in [1.165, 1.54) is 0 Å². The number of likely N-dealkylation sites (tertiary alicyclic amines) is 1. The maximum absolute atomic E-state index is 12.8. The van der Waals surface area contributed by atoms with E-state index in [1.807, 2.05) is 9.80 Å². The van der Waals surface area contributed by atoms with E-state index in [2.05, 4.69) is 33.5 Å². The Hall–Kier alpha value is -2.22. The highest BCUT2D eigenvalue weighted by atomic mass is 16.6. The minimum atomic E-state index is -0.190. The van der Waals surface area contributed by atoms with E-state index in [0.717, 1.165) is 19.4 Å². The average Bonchev–Trinajstić information content (AvgIpc) is 2.97. The molecule has 0 aliphatic carbocycles. The third kappa shape index (κ3) is 3.30. The number of aryl methyl sites for hydroxylation is 1. The highest BCUT2D eigenvalue weighted by molar-refractivity contribution is 5.93. The minimum absolute atomic E-state index is 0.148. The van der Waals surface area contributed by atoms with Gasteiger partial charge in [-0.25, -0.2) is 4.63 Å². The van der Waals surface area contributed by atoms with E-state index in [4.69, 9.17) is 0 Å². The fourth-order valence-corrected chi connectivity index (χ4v) is 3.79. The van der Waals surface area contributed by atoms with E-state index in [-0.39, 0.29) is 23.0 Å². The van der Waals surface area contributed by atoms with E-state index in [0.29, 0.717) is 38.3 Å². The second-order valence-electron chi connectivity index (χ2n) is 6.95. The van der Waals surface area contributed by atoms with Gasteiger partial charge in [-0.1, -0.05) is 11.2 Å². The Morgan fingerprint density at radius 2 is 2.12 bits per heavy atom. The van der Waals surface area contributed by atoms with Crippen LogP contribution in [0.4, 0.5) is 0 Å². The lowest BCUT2D eigenvalue weighted by molar-refractivity contribution is -0.130. The molecule has 0 saturated carbocycles. The molecule has 2 fully saturated rings. The summed E-state index contributed by atoms with van der Waals surface area (Å²) in [6, 6.07) is 0. The Labute approximate surface area is 147 Å². The molecule has 3 heterocycles. The number of likely N-dealkylation sites (N-methyl/N-ethyl adjacent to an activating group) is 1. The third-order valence-corrected chi connectivity index (χ3v) is 5.50. The van der Waals surface area contributed by atoms with Gasteiger partial charge in [0.05, 0.1) is 0 Å². The van der Waals surface area contributed by atoms with Gasteiger partial charge in [-0.15, -0.1) is 6.58 Å². The summed E-state index contributed by atoms with van der Waals surface area (Å²) < 4.78 is 4.67. The first-order valence-corrected chi connectivity index (χ1v) is 8.65. The van der Waals surface area contributed by atoms with Crippen LogP contribution in [0.15, 0.2) is 17.3 Å². The van der Waals surface area contributed by atoms with E-state index < -0.39 is 0 Å². The first-order chi connectivity index (χ1) is 12.0. The Morgan fingerprint density at radius 1 is 1.32 bits per heavy atom. The van der Waals surface area contributed by atoms with E-state index in [9.17, 15) is 9.59 Å². The number of amides is 2. The molecule has 0 bridgehead atoms. The lowest BCUT2D eigenvalue weighted by Gasteiger charge is -2.49. The van der Waals surface area contributed by atoms with Crippen LogP contribution in [0.1, 0.15) is 35.4 Å². The smallest absolute Gasteiger partial charge is 0.278 e. The number of rotatable bonds is 3.